The van der Waals surface area contributed by atoms with Crippen LogP contribution in [-0.2, 0) is 20.9 Å². The molecule has 4 heterocycles. The molecule has 1 aliphatic carbocycles. The number of imide groups is 1. The maximum absolute atomic E-state index is 14.0. The summed E-state index contributed by atoms with van der Waals surface area (Å²) in [4.78, 5) is 33.7. The average Bonchev–Trinajstić information content (AvgIpc) is 3.66. The quantitative estimate of drug-likeness (QED) is 0.298. The van der Waals surface area contributed by atoms with Gasteiger partial charge in [-0.15, -0.1) is 11.3 Å². The van der Waals surface area contributed by atoms with Crippen molar-refractivity contribution in [2.24, 2.45) is 17.8 Å². The predicted molar refractivity (Wildman–Crippen MR) is 147 cm³/mol. The van der Waals surface area contributed by atoms with E-state index in [4.69, 9.17) is 4.74 Å². The van der Waals surface area contributed by atoms with Gasteiger partial charge in [-0.25, -0.2) is 4.39 Å². The standard InChI is InChI=1S/C31H29FN2O4S/c1-18-13-22-29(31(37)34(30(22)36)16-21-5-4-12-39-21)23-17-38-27(28(18)23)10-8-20(25-6-2-3-11-33-25)14-19-7-9-26(35)24(32)15-19/h2-7,9,11-12,14-15,22-23,27,29,35H,8,10,13,16-17H2,1H3/b20-14-/t22-,23+,27-,29-/m1/s1. The van der Waals surface area contributed by atoms with Crippen molar-refractivity contribution >= 4 is 34.8 Å². The van der Waals surface area contributed by atoms with Crippen LogP contribution in [0.1, 0.15) is 42.3 Å². The van der Waals surface area contributed by atoms with Crippen LogP contribution >= 0.6 is 11.3 Å². The highest BCUT2D eigenvalue weighted by molar-refractivity contribution is 7.09. The van der Waals surface area contributed by atoms with Crippen LogP contribution in [0.2, 0.25) is 0 Å². The number of benzene rings is 1. The van der Waals surface area contributed by atoms with Crippen LogP contribution in [0.3, 0.4) is 0 Å². The predicted octanol–water partition coefficient (Wildman–Crippen LogP) is 5.85. The highest BCUT2D eigenvalue weighted by atomic mass is 32.1. The molecule has 3 aliphatic rings. The van der Waals surface area contributed by atoms with Gasteiger partial charge in [0, 0.05) is 17.0 Å². The Morgan fingerprint density at radius 2 is 2.05 bits per heavy atom. The van der Waals surface area contributed by atoms with Crippen molar-refractivity contribution in [3.05, 3.63) is 93.2 Å². The number of allylic oxidation sites excluding steroid dienone is 2. The molecule has 200 valence electrons. The zero-order chi connectivity index (χ0) is 27.1. The van der Waals surface area contributed by atoms with Crippen LogP contribution < -0.4 is 0 Å². The third-order valence-corrected chi connectivity index (χ3v) is 8.98. The van der Waals surface area contributed by atoms with Gasteiger partial charge in [0.1, 0.15) is 0 Å². The van der Waals surface area contributed by atoms with Crippen molar-refractivity contribution < 1.29 is 23.8 Å². The first-order chi connectivity index (χ1) is 18.9. The lowest BCUT2D eigenvalue weighted by Crippen LogP contribution is -2.34. The van der Waals surface area contributed by atoms with E-state index in [-0.39, 0.29) is 41.4 Å². The van der Waals surface area contributed by atoms with Crippen LogP contribution in [0, 0.1) is 23.6 Å². The van der Waals surface area contributed by atoms with Crippen LogP contribution in [0.5, 0.6) is 5.75 Å². The average molecular weight is 545 g/mol. The molecule has 1 N–H and O–H groups in total. The molecule has 39 heavy (non-hydrogen) atoms. The lowest BCUT2D eigenvalue weighted by Gasteiger charge is -2.30. The summed E-state index contributed by atoms with van der Waals surface area (Å²) in [5, 5.41) is 11.5. The Hall–Kier alpha value is -3.62. The number of carbonyl (C=O) groups excluding carboxylic acids is 2. The number of pyridine rings is 1. The first kappa shape index (κ1) is 25.6. The molecule has 6 nitrogen and oxygen atoms in total. The van der Waals surface area contributed by atoms with E-state index in [9.17, 15) is 19.1 Å². The number of hydrogen-bond donors (Lipinski definition) is 1. The Labute approximate surface area is 230 Å². The van der Waals surface area contributed by atoms with E-state index in [1.807, 2.05) is 41.8 Å². The molecule has 3 aromatic rings. The van der Waals surface area contributed by atoms with Gasteiger partial charge in [0.2, 0.25) is 11.8 Å². The summed E-state index contributed by atoms with van der Waals surface area (Å²) in [5.41, 5.74) is 4.65. The summed E-state index contributed by atoms with van der Waals surface area (Å²) in [5.74, 6) is -1.99. The highest BCUT2D eigenvalue weighted by Gasteiger charge is 2.56. The molecule has 2 fully saturated rings. The van der Waals surface area contributed by atoms with Crippen LogP contribution in [0.15, 0.2) is 71.3 Å². The number of amides is 2. The van der Waals surface area contributed by atoms with Gasteiger partial charge in [0.05, 0.1) is 36.8 Å². The molecule has 0 unspecified atom stereocenters. The normalized spacial score (nSPS) is 24.9. The summed E-state index contributed by atoms with van der Waals surface area (Å²) >= 11 is 1.55. The van der Waals surface area contributed by atoms with Gasteiger partial charge in [-0.3, -0.25) is 19.5 Å². The number of carbonyl (C=O) groups is 2. The Balaban J connectivity index is 1.22. The molecule has 6 rings (SSSR count). The Bertz CT molecular complexity index is 1470. The lowest BCUT2D eigenvalue weighted by molar-refractivity contribution is -0.140. The minimum Gasteiger partial charge on any atom is -0.505 e. The van der Waals surface area contributed by atoms with Crippen molar-refractivity contribution in [1.82, 2.24) is 9.88 Å². The number of ether oxygens (including phenoxy) is 1. The van der Waals surface area contributed by atoms with E-state index in [0.29, 0.717) is 38.0 Å². The number of likely N-dealkylation sites (tertiary alicyclic amines) is 1. The maximum Gasteiger partial charge on any atom is 0.234 e. The number of aromatic hydroxyl groups is 1. The molecule has 2 aliphatic heterocycles. The minimum atomic E-state index is -0.674. The van der Waals surface area contributed by atoms with Crippen LogP contribution in [-0.4, -0.2) is 39.5 Å². The fraction of sp³-hybridized carbons (Fsp3) is 0.323. The van der Waals surface area contributed by atoms with E-state index >= 15 is 0 Å². The fourth-order valence-corrected chi connectivity index (χ4v) is 7.03. The molecule has 4 atom stereocenters. The van der Waals surface area contributed by atoms with Gasteiger partial charge in [-0.05, 0) is 84.7 Å². The molecule has 0 radical (unpaired) electrons. The van der Waals surface area contributed by atoms with Gasteiger partial charge < -0.3 is 9.84 Å². The number of rotatable bonds is 7. The monoisotopic (exact) mass is 544 g/mol. The van der Waals surface area contributed by atoms with Gasteiger partial charge in [-0.2, -0.15) is 0 Å². The van der Waals surface area contributed by atoms with Crippen molar-refractivity contribution in [2.75, 3.05) is 6.61 Å². The van der Waals surface area contributed by atoms with E-state index in [2.05, 4.69) is 11.9 Å². The van der Waals surface area contributed by atoms with Gasteiger partial charge in [-0.1, -0.05) is 23.8 Å². The maximum atomic E-state index is 14.0. The zero-order valence-corrected chi connectivity index (χ0v) is 22.4. The second kappa shape index (κ2) is 10.5. The van der Waals surface area contributed by atoms with Crippen molar-refractivity contribution in [1.29, 1.82) is 0 Å². The van der Waals surface area contributed by atoms with Crippen molar-refractivity contribution in [2.45, 2.75) is 38.8 Å². The third kappa shape index (κ3) is 4.83. The Morgan fingerprint density at radius 3 is 2.79 bits per heavy atom. The van der Waals surface area contributed by atoms with Gasteiger partial charge in [0.25, 0.3) is 0 Å². The molecule has 2 amide bonds. The molecule has 8 heteroatoms. The number of halogens is 1. The van der Waals surface area contributed by atoms with E-state index in [0.717, 1.165) is 27.3 Å². The second-order valence-corrected chi connectivity index (χ2v) is 11.5. The molecule has 2 saturated heterocycles. The van der Waals surface area contributed by atoms with E-state index < -0.39 is 5.82 Å². The van der Waals surface area contributed by atoms with Gasteiger partial charge in [0.15, 0.2) is 11.6 Å². The molecule has 1 aromatic carbocycles. The number of phenols is 1. The Kier molecular flexibility index (Phi) is 6.91. The topological polar surface area (TPSA) is 79.7 Å². The number of hydrogen-bond acceptors (Lipinski definition) is 6. The van der Waals surface area contributed by atoms with E-state index in [1.54, 1.807) is 23.6 Å². The summed E-state index contributed by atoms with van der Waals surface area (Å²) in [6.45, 7) is 2.83. The SMILES string of the molecule is CC1=C2[C@@H](CC/C(=C/c3ccc(O)c(F)c3)c3ccccn3)OC[C@@H]2[C@@H]2C(=O)N(Cc3cccs3)C(=O)[C@@H]2C1. The summed E-state index contributed by atoms with van der Waals surface area (Å²) in [6.07, 6.45) is 5.33. The van der Waals surface area contributed by atoms with Crippen LogP contribution in [0.25, 0.3) is 11.6 Å². The Morgan fingerprint density at radius 1 is 1.18 bits per heavy atom. The molecule has 0 spiro atoms. The zero-order valence-electron chi connectivity index (χ0n) is 21.5. The van der Waals surface area contributed by atoms with Crippen molar-refractivity contribution in [3.8, 4) is 5.75 Å². The highest BCUT2D eigenvalue weighted by Crippen LogP contribution is 2.50. The second-order valence-electron chi connectivity index (χ2n) is 10.5. The molecule has 2 aromatic heterocycles. The molecule has 0 saturated carbocycles. The van der Waals surface area contributed by atoms with Crippen molar-refractivity contribution in [3.63, 3.8) is 0 Å². The number of aromatic nitrogens is 1. The smallest absolute Gasteiger partial charge is 0.234 e. The number of phenolic OH excluding ortho intramolecular Hbond substituents is 1. The third-order valence-electron chi connectivity index (χ3n) is 8.12. The summed E-state index contributed by atoms with van der Waals surface area (Å²) < 4.78 is 20.3. The lowest BCUT2D eigenvalue weighted by atomic mass is 9.70. The number of fused-ring (bicyclic) bond motifs is 3. The molecular weight excluding hydrogens is 515 g/mol. The van der Waals surface area contributed by atoms with E-state index in [1.165, 1.54) is 17.0 Å². The summed E-state index contributed by atoms with van der Waals surface area (Å²) in [6, 6.07) is 13.9. The fourth-order valence-electron chi connectivity index (χ4n) is 6.34. The number of thiophene rings is 1. The molecular formula is C31H29FN2O4S. The van der Waals surface area contributed by atoms with Gasteiger partial charge >= 0.3 is 0 Å². The molecule has 0 bridgehead atoms. The number of nitrogens with zero attached hydrogens (tertiary/aromatic N) is 2. The summed E-state index contributed by atoms with van der Waals surface area (Å²) in [7, 11) is 0. The largest absolute Gasteiger partial charge is 0.505 e. The first-order valence-corrected chi connectivity index (χ1v) is 14.1. The van der Waals surface area contributed by atoms with Crippen LogP contribution in [0.4, 0.5) is 4.39 Å². The minimum absolute atomic E-state index is 0.0678. The first-order valence-electron chi connectivity index (χ1n) is 13.2.